The predicted octanol–water partition coefficient (Wildman–Crippen LogP) is 1.21. The quantitative estimate of drug-likeness (QED) is 0.884. The van der Waals surface area contributed by atoms with Crippen molar-refractivity contribution >= 4 is 11.8 Å². The van der Waals surface area contributed by atoms with E-state index in [-0.39, 0.29) is 17.7 Å². The maximum absolute atomic E-state index is 12.2. The molecular formula is C15H20N2O2. The number of carbonyl (C=O) groups is 2. The van der Waals surface area contributed by atoms with E-state index in [4.69, 9.17) is 0 Å². The van der Waals surface area contributed by atoms with Gasteiger partial charge in [-0.05, 0) is 18.4 Å². The summed E-state index contributed by atoms with van der Waals surface area (Å²) in [5.41, 5.74) is 1.24. The molecule has 0 aromatic heterocycles. The number of rotatable bonds is 4. The summed E-state index contributed by atoms with van der Waals surface area (Å²) in [5.74, 6) is 0.130. The van der Waals surface area contributed by atoms with Gasteiger partial charge in [0.05, 0.1) is 5.92 Å². The van der Waals surface area contributed by atoms with E-state index in [0.717, 1.165) is 6.42 Å². The number of piperidine rings is 1. The molecule has 0 spiro atoms. The van der Waals surface area contributed by atoms with E-state index >= 15 is 0 Å². The molecule has 1 aliphatic rings. The van der Waals surface area contributed by atoms with Crippen LogP contribution in [0.3, 0.4) is 0 Å². The maximum Gasteiger partial charge on any atom is 0.227 e. The summed E-state index contributed by atoms with van der Waals surface area (Å²) in [6, 6.07) is 10.1. The van der Waals surface area contributed by atoms with E-state index < -0.39 is 0 Å². The molecule has 1 aromatic carbocycles. The van der Waals surface area contributed by atoms with Crippen LogP contribution in [0.1, 0.15) is 18.4 Å². The predicted molar refractivity (Wildman–Crippen MR) is 73.5 cm³/mol. The SMILES string of the molecule is CN(CCc1ccccc1)C(=O)C1CCC(=O)NC1. The van der Waals surface area contributed by atoms with Crippen molar-refractivity contribution in [3.05, 3.63) is 35.9 Å². The molecule has 102 valence electrons. The molecule has 1 N–H and O–H groups in total. The van der Waals surface area contributed by atoms with E-state index in [1.807, 2.05) is 25.2 Å². The zero-order valence-electron chi connectivity index (χ0n) is 11.3. The molecule has 19 heavy (non-hydrogen) atoms. The number of nitrogens with one attached hydrogen (secondary N) is 1. The number of hydrogen-bond acceptors (Lipinski definition) is 2. The van der Waals surface area contributed by atoms with E-state index in [1.165, 1.54) is 5.56 Å². The number of carbonyl (C=O) groups excluding carboxylic acids is 2. The van der Waals surface area contributed by atoms with Crippen molar-refractivity contribution in [1.29, 1.82) is 0 Å². The molecule has 4 nitrogen and oxygen atoms in total. The van der Waals surface area contributed by atoms with Crippen molar-refractivity contribution in [2.24, 2.45) is 5.92 Å². The lowest BCUT2D eigenvalue weighted by Gasteiger charge is -2.26. The Morgan fingerprint density at radius 1 is 1.37 bits per heavy atom. The number of nitrogens with zero attached hydrogens (tertiary/aromatic N) is 1. The van der Waals surface area contributed by atoms with Crippen molar-refractivity contribution < 1.29 is 9.59 Å². The fraction of sp³-hybridized carbons (Fsp3) is 0.467. The van der Waals surface area contributed by atoms with Crippen molar-refractivity contribution in [3.8, 4) is 0 Å². The molecule has 2 rings (SSSR count). The summed E-state index contributed by atoms with van der Waals surface area (Å²) in [6.45, 7) is 1.20. The Bertz CT molecular complexity index is 435. The molecule has 1 fully saturated rings. The Hall–Kier alpha value is -1.84. The molecule has 0 saturated carbocycles. The fourth-order valence-corrected chi connectivity index (χ4v) is 2.31. The topological polar surface area (TPSA) is 49.4 Å². The first-order valence-electron chi connectivity index (χ1n) is 6.72. The fourth-order valence-electron chi connectivity index (χ4n) is 2.31. The van der Waals surface area contributed by atoms with Gasteiger partial charge in [0.25, 0.3) is 0 Å². The van der Waals surface area contributed by atoms with Gasteiger partial charge in [-0.15, -0.1) is 0 Å². The second-order valence-electron chi connectivity index (χ2n) is 5.04. The zero-order chi connectivity index (χ0) is 13.7. The van der Waals surface area contributed by atoms with Crippen molar-refractivity contribution in [3.63, 3.8) is 0 Å². The maximum atomic E-state index is 12.2. The molecule has 1 atom stereocenters. The Morgan fingerprint density at radius 3 is 2.74 bits per heavy atom. The summed E-state index contributed by atoms with van der Waals surface area (Å²) in [5, 5.41) is 2.76. The minimum atomic E-state index is -0.0570. The molecule has 1 saturated heterocycles. The highest BCUT2D eigenvalue weighted by atomic mass is 16.2. The van der Waals surface area contributed by atoms with E-state index in [1.54, 1.807) is 4.90 Å². The van der Waals surface area contributed by atoms with Crippen LogP contribution in [0.5, 0.6) is 0 Å². The molecule has 1 aliphatic heterocycles. The van der Waals surface area contributed by atoms with Crippen LogP contribution < -0.4 is 5.32 Å². The van der Waals surface area contributed by atoms with Crippen LogP contribution in [0.15, 0.2) is 30.3 Å². The van der Waals surface area contributed by atoms with Gasteiger partial charge in [-0.25, -0.2) is 0 Å². The number of likely N-dealkylation sites (N-methyl/N-ethyl adjacent to an activating group) is 1. The molecule has 4 heteroatoms. The third-order valence-electron chi connectivity index (χ3n) is 3.57. The molecule has 0 radical (unpaired) electrons. The standard InChI is InChI=1S/C15H20N2O2/c1-17(10-9-12-5-3-2-4-6-12)15(19)13-7-8-14(18)16-11-13/h2-6,13H,7-11H2,1H3,(H,16,18). The minimum Gasteiger partial charge on any atom is -0.355 e. The number of benzene rings is 1. The average Bonchev–Trinajstić information content (AvgIpc) is 2.46. The highest BCUT2D eigenvalue weighted by Gasteiger charge is 2.26. The van der Waals surface area contributed by atoms with Gasteiger partial charge in [-0.2, -0.15) is 0 Å². The summed E-state index contributed by atoms with van der Waals surface area (Å²) in [7, 11) is 1.84. The molecular weight excluding hydrogens is 240 g/mol. The summed E-state index contributed by atoms with van der Waals surface area (Å²) < 4.78 is 0. The second-order valence-corrected chi connectivity index (χ2v) is 5.04. The lowest BCUT2D eigenvalue weighted by atomic mass is 9.97. The molecule has 1 unspecified atom stereocenters. The first-order valence-corrected chi connectivity index (χ1v) is 6.72. The Kier molecular flexibility index (Phi) is 4.55. The van der Waals surface area contributed by atoms with Gasteiger partial charge < -0.3 is 10.2 Å². The van der Waals surface area contributed by atoms with Crippen molar-refractivity contribution in [2.75, 3.05) is 20.1 Å². The molecule has 2 amide bonds. The van der Waals surface area contributed by atoms with E-state index in [2.05, 4.69) is 17.4 Å². The Labute approximate surface area is 113 Å². The first-order chi connectivity index (χ1) is 9.16. The van der Waals surface area contributed by atoms with Crippen molar-refractivity contribution in [1.82, 2.24) is 10.2 Å². The first kappa shape index (κ1) is 13.6. The normalized spacial score (nSPS) is 18.8. The van der Waals surface area contributed by atoms with Crippen LogP contribution in [0.25, 0.3) is 0 Å². The summed E-state index contributed by atoms with van der Waals surface area (Å²) >= 11 is 0. The lowest BCUT2D eigenvalue weighted by molar-refractivity contribution is -0.136. The van der Waals surface area contributed by atoms with Gasteiger partial charge in [-0.3, -0.25) is 9.59 Å². The van der Waals surface area contributed by atoms with Gasteiger partial charge in [0, 0.05) is 26.6 Å². The number of amides is 2. The monoisotopic (exact) mass is 260 g/mol. The van der Waals surface area contributed by atoms with Crippen LogP contribution in [-0.4, -0.2) is 36.9 Å². The highest BCUT2D eigenvalue weighted by molar-refractivity contribution is 5.83. The average molecular weight is 260 g/mol. The zero-order valence-corrected chi connectivity index (χ0v) is 11.3. The lowest BCUT2D eigenvalue weighted by Crippen LogP contribution is -2.44. The van der Waals surface area contributed by atoms with Gasteiger partial charge in [-0.1, -0.05) is 30.3 Å². The van der Waals surface area contributed by atoms with Gasteiger partial charge in [0.1, 0.15) is 0 Å². The van der Waals surface area contributed by atoms with E-state index in [0.29, 0.717) is 25.9 Å². The van der Waals surface area contributed by atoms with Gasteiger partial charge in [0.15, 0.2) is 0 Å². The molecule has 0 aliphatic carbocycles. The molecule has 0 bridgehead atoms. The van der Waals surface area contributed by atoms with Crippen molar-refractivity contribution in [2.45, 2.75) is 19.3 Å². The van der Waals surface area contributed by atoms with Crippen LogP contribution in [0.4, 0.5) is 0 Å². The van der Waals surface area contributed by atoms with Crippen LogP contribution >= 0.6 is 0 Å². The Morgan fingerprint density at radius 2 is 2.11 bits per heavy atom. The second kappa shape index (κ2) is 6.36. The molecule has 1 heterocycles. The minimum absolute atomic E-state index is 0.0518. The number of hydrogen-bond donors (Lipinski definition) is 1. The largest absolute Gasteiger partial charge is 0.355 e. The summed E-state index contributed by atoms with van der Waals surface area (Å²) in [6.07, 6.45) is 1.99. The third kappa shape index (κ3) is 3.81. The van der Waals surface area contributed by atoms with Gasteiger partial charge in [0.2, 0.25) is 11.8 Å². The summed E-state index contributed by atoms with van der Waals surface area (Å²) in [4.78, 5) is 25.0. The smallest absolute Gasteiger partial charge is 0.227 e. The van der Waals surface area contributed by atoms with Gasteiger partial charge >= 0.3 is 0 Å². The Balaban J connectivity index is 1.81. The van der Waals surface area contributed by atoms with Crippen LogP contribution in [0.2, 0.25) is 0 Å². The van der Waals surface area contributed by atoms with Crippen LogP contribution in [0, 0.1) is 5.92 Å². The third-order valence-corrected chi connectivity index (χ3v) is 3.57. The van der Waals surface area contributed by atoms with E-state index in [9.17, 15) is 9.59 Å². The van der Waals surface area contributed by atoms with Crippen LogP contribution in [-0.2, 0) is 16.0 Å². The molecule has 1 aromatic rings. The highest BCUT2D eigenvalue weighted by Crippen LogP contribution is 2.13.